The standard InChI is InChI=1S/C34H39NO5/c1-24(16-17-29-26(3)13-10-19-34(29,4)5)11-9-12-25(2)18-20-39-33(38)28-21-30(31(32(36)37)35-22-28)40-23-27-14-7-6-8-15-27/h6-9,11-12,14-18,21-22H,10,13,19-20,23H2,1-5H3,(H,36,37). The van der Waals surface area contributed by atoms with Crippen molar-refractivity contribution in [1.29, 1.82) is 0 Å². The lowest BCUT2D eigenvalue weighted by Crippen LogP contribution is -2.19. The molecule has 210 valence electrons. The number of carbonyl (C=O) groups excluding carboxylic acids is 1. The van der Waals surface area contributed by atoms with Crippen molar-refractivity contribution in [1.82, 2.24) is 4.98 Å². The van der Waals surface area contributed by atoms with Crippen molar-refractivity contribution < 1.29 is 24.2 Å². The minimum absolute atomic E-state index is 0.00941. The number of carboxylic acids is 1. The Hall–Kier alpha value is -4.19. The number of esters is 1. The van der Waals surface area contributed by atoms with Gasteiger partial charge in [0.05, 0.1) is 5.56 Å². The minimum Gasteiger partial charge on any atom is -0.486 e. The summed E-state index contributed by atoms with van der Waals surface area (Å²) in [6.45, 7) is 11.1. The maximum absolute atomic E-state index is 12.6. The number of nitrogens with zero attached hydrogens (tertiary/aromatic N) is 1. The third kappa shape index (κ3) is 8.94. The van der Waals surface area contributed by atoms with E-state index in [1.807, 2.05) is 49.4 Å². The quantitative estimate of drug-likeness (QED) is 0.229. The molecule has 1 aromatic carbocycles. The second kappa shape index (κ2) is 14.3. The Morgan fingerprint density at radius 2 is 1.85 bits per heavy atom. The average Bonchev–Trinajstić information content (AvgIpc) is 2.91. The molecule has 1 aliphatic carbocycles. The smallest absolute Gasteiger partial charge is 0.358 e. The van der Waals surface area contributed by atoms with E-state index in [0.29, 0.717) is 0 Å². The summed E-state index contributed by atoms with van der Waals surface area (Å²) in [5.41, 5.74) is 5.95. The van der Waals surface area contributed by atoms with Crippen LogP contribution in [0.25, 0.3) is 0 Å². The van der Waals surface area contributed by atoms with Gasteiger partial charge < -0.3 is 14.6 Å². The predicted molar refractivity (Wildman–Crippen MR) is 158 cm³/mol. The number of aromatic carboxylic acids is 1. The van der Waals surface area contributed by atoms with Crippen LogP contribution in [0.4, 0.5) is 0 Å². The van der Waals surface area contributed by atoms with Crippen LogP contribution in [0, 0.1) is 5.41 Å². The summed E-state index contributed by atoms with van der Waals surface area (Å²) in [5, 5.41) is 9.44. The number of hydrogen-bond donors (Lipinski definition) is 1. The lowest BCUT2D eigenvalue weighted by atomic mass is 9.72. The Morgan fingerprint density at radius 1 is 1.10 bits per heavy atom. The maximum atomic E-state index is 12.6. The second-order valence-electron chi connectivity index (χ2n) is 10.7. The largest absolute Gasteiger partial charge is 0.486 e. The number of carbonyl (C=O) groups is 2. The van der Waals surface area contributed by atoms with Crippen LogP contribution in [0.1, 0.15) is 80.3 Å². The molecule has 6 nitrogen and oxygen atoms in total. The van der Waals surface area contributed by atoms with Gasteiger partial charge in [0.25, 0.3) is 0 Å². The van der Waals surface area contributed by atoms with Crippen molar-refractivity contribution >= 4 is 11.9 Å². The first kappa shape index (κ1) is 30.4. The molecule has 0 aliphatic heterocycles. The van der Waals surface area contributed by atoms with Gasteiger partial charge in [-0.15, -0.1) is 0 Å². The van der Waals surface area contributed by atoms with E-state index in [1.165, 1.54) is 42.7 Å². The molecule has 0 bridgehead atoms. The third-order valence-corrected chi connectivity index (χ3v) is 6.92. The monoisotopic (exact) mass is 541 g/mol. The van der Waals surface area contributed by atoms with E-state index >= 15 is 0 Å². The van der Waals surface area contributed by atoms with Gasteiger partial charge in [-0.3, -0.25) is 0 Å². The highest BCUT2D eigenvalue weighted by Gasteiger charge is 2.26. The van der Waals surface area contributed by atoms with Gasteiger partial charge in [-0.1, -0.05) is 91.3 Å². The van der Waals surface area contributed by atoms with Crippen LogP contribution in [0.5, 0.6) is 5.75 Å². The average molecular weight is 542 g/mol. The summed E-state index contributed by atoms with van der Waals surface area (Å²) in [7, 11) is 0. The van der Waals surface area contributed by atoms with Crippen molar-refractivity contribution in [2.24, 2.45) is 5.41 Å². The molecule has 0 radical (unpaired) electrons. The predicted octanol–water partition coefficient (Wildman–Crippen LogP) is 8.05. The number of allylic oxidation sites excluding steroid dienone is 9. The van der Waals surface area contributed by atoms with Gasteiger partial charge in [0, 0.05) is 6.20 Å². The van der Waals surface area contributed by atoms with E-state index in [4.69, 9.17) is 9.47 Å². The molecule has 0 saturated carbocycles. The van der Waals surface area contributed by atoms with Crippen LogP contribution in [-0.2, 0) is 11.3 Å². The fourth-order valence-electron chi connectivity index (χ4n) is 4.59. The first-order valence-corrected chi connectivity index (χ1v) is 13.5. The van der Waals surface area contributed by atoms with E-state index in [2.05, 4.69) is 50.9 Å². The molecular weight excluding hydrogens is 502 g/mol. The van der Waals surface area contributed by atoms with Gasteiger partial charge >= 0.3 is 11.9 Å². The van der Waals surface area contributed by atoms with E-state index in [-0.39, 0.29) is 35.6 Å². The fourth-order valence-corrected chi connectivity index (χ4v) is 4.59. The number of benzene rings is 1. The lowest BCUT2D eigenvalue weighted by Gasteiger charge is -2.32. The zero-order valence-corrected chi connectivity index (χ0v) is 24.1. The number of pyridine rings is 1. The van der Waals surface area contributed by atoms with Gasteiger partial charge in [-0.05, 0) is 68.7 Å². The molecule has 1 N–H and O–H groups in total. The van der Waals surface area contributed by atoms with E-state index < -0.39 is 11.9 Å². The zero-order valence-electron chi connectivity index (χ0n) is 24.1. The van der Waals surface area contributed by atoms with Crippen LogP contribution < -0.4 is 4.74 Å². The maximum Gasteiger partial charge on any atom is 0.358 e. The minimum atomic E-state index is -1.24. The van der Waals surface area contributed by atoms with Crippen LogP contribution in [0.15, 0.2) is 101 Å². The molecule has 1 heterocycles. The normalized spacial score (nSPS) is 16.0. The summed E-state index contributed by atoms with van der Waals surface area (Å²) >= 11 is 0. The van der Waals surface area contributed by atoms with Gasteiger partial charge in [0.15, 0.2) is 11.4 Å². The Morgan fingerprint density at radius 3 is 2.55 bits per heavy atom. The zero-order chi connectivity index (χ0) is 29.1. The van der Waals surface area contributed by atoms with Crippen LogP contribution >= 0.6 is 0 Å². The number of rotatable bonds is 11. The number of hydrogen-bond acceptors (Lipinski definition) is 5. The molecule has 0 spiro atoms. The highest BCUT2D eigenvalue weighted by Crippen LogP contribution is 2.40. The SMILES string of the molecule is CC(C=CC1=C(C)CCCC1(C)C)=CC=CC(C)=CCOC(=O)c1cnc(C(=O)O)c(OCc2ccccc2)c1. The van der Waals surface area contributed by atoms with Gasteiger partial charge in [0.2, 0.25) is 0 Å². The summed E-state index contributed by atoms with van der Waals surface area (Å²) in [6, 6.07) is 10.7. The van der Waals surface area contributed by atoms with E-state index in [9.17, 15) is 14.7 Å². The summed E-state index contributed by atoms with van der Waals surface area (Å²) in [4.78, 5) is 28.0. The number of ether oxygens (including phenoxy) is 2. The van der Waals surface area contributed by atoms with Crippen molar-refractivity contribution in [2.45, 2.75) is 60.5 Å². The lowest BCUT2D eigenvalue weighted by molar-refractivity contribution is 0.0545. The molecule has 1 aliphatic rings. The second-order valence-corrected chi connectivity index (χ2v) is 10.7. The van der Waals surface area contributed by atoms with E-state index in [1.54, 1.807) is 6.08 Å². The number of carboxylic acid groups (broad SMARTS) is 1. The molecule has 0 amide bonds. The van der Waals surface area contributed by atoms with Gasteiger partial charge in [0.1, 0.15) is 13.2 Å². The Kier molecular flexibility index (Phi) is 10.8. The highest BCUT2D eigenvalue weighted by molar-refractivity contribution is 5.93. The first-order chi connectivity index (χ1) is 19.1. The number of aromatic nitrogens is 1. The molecule has 6 heteroatoms. The van der Waals surface area contributed by atoms with Crippen LogP contribution in [0.3, 0.4) is 0 Å². The highest BCUT2D eigenvalue weighted by atomic mass is 16.5. The van der Waals surface area contributed by atoms with Gasteiger partial charge in [-0.25, -0.2) is 14.6 Å². The molecular formula is C34H39NO5. The molecule has 0 atom stereocenters. The van der Waals surface area contributed by atoms with E-state index in [0.717, 1.165) is 16.7 Å². The Bertz CT molecular complexity index is 1360. The Balaban J connectivity index is 1.56. The molecule has 0 fully saturated rings. The van der Waals surface area contributed by atoms with Crippen LogP contribution in [0.2, 0.25) is 0 Å². The summed E-state index contributed by atoms with van der Waals surface area (Å²) in [6.07, 6.45) is 17.0. The van der Waals surface area contributed by atoms with Gasteiger partial charge in [-0.2, -0.15) is 0 Å². The topological polar surface area (TPSA) is 85.7 Å². The Labute approximate surface area is 237 Å². The molecule has 40 heavy (non-hydrogen) atoms. The molecule has 0 saturated heterocycles. The molecule has 2 aromatic rings. The third-order valence-electron chi connectivity index (χ3n) is 6.92. The van der Waals surface area contributed by atoms with Crippen molar-refractivity contribution in [2.75, 3.05) is 6.61 Å². The summed E-state index contributed by atoms with van der Waals surface area (Å²) < 4.78 is 11.0. The molecule has 0 unspecified atom stereocenters. The van der Waals surface area contributed by atoms with Crippen molar-refractivity contribution in [3.8, 4) is 5.75 Å². The fraction of sp³-hybridized carbons (Fsp3) is 0.324. The van der Waals surface area contributed by atoms with Crippen molar-refractivity contribution in [3.63, 3.8) is 0 Å². The molecule has 3 rings (SSSR count). The summed E-state index contributed by atoms with van der Waals surface area (Å²) in [5.74, 6) is -1.84. The van der Waals surface area contributed by atoms with Crippen LogP contribution in [-0.4, -0.2) is 28.6 Å². The first-order valence-electron chi connectivity index (χ1n) is 13.5. The van der Waals surface area contributed by atoms with Crippen molar-refractivity contribution in [3.05, 3.63) is 118 Å². The molecule has 1 aromatic heterocycles.